The van der Waals surface area contributed by atoms with Crippen LogP contribution in [-0.2, 0) is 0 Å². The second-order valence-corrected chi connectivity index (χ2v) is 6.74. The highest BCUT2D eigenvalue weighted by Gasteiger charge is 2.34. The predicted octanol–water partition coefficient (Wildman–Crippen LogP) is 3.86. The van der Waals surface area contributed by atoms with Gasteiger partial charge < -0.3 is 5.32 Å². The molecular weight excluding hydrogens is 292 g/mol. The molecule has 0 bridgehead atoms. The Morgan fingerprint density at radius 2 is 1.82 bits per heavy atom. The first-order valence-electron chi connectivity index (χ1n) is 8.25. The Morgan fingerprint density at radius 3 is 2.68 bits per heavy atom. The van der Waals surface area contributed by atoms with Crippen molar-refractivity contribution in [1.29, 1.82) is 0 Å². The first kappa shape index (κ1) is 15.8. The van der Waals surface area contributed by atoms with Crippen LogP contribution in [0.15, 0.2) is 42.5 Å². The predicted molar refractivity (Wildman–Crippen MR) is 95.7 cm³/mol. The minimum atomic E-state index is 0. The maximum absolute atomic E-state index is 3.56. The molecule has 3 unspecified atom stereocenters. The van der Waals surface area contributed by atoms with Crippen molar-refractivity contribution in [2.45, 2.75) is 19.4 Å². The van der Waals surface area contributed by atoms with Crippen LogP contribution in [0.1, 0.15) is 24.9 Å². The van der Waals surface area contributed by atoms with Crippen molar-refractivity contribution in [2.24, 2.45) is 11.8 Å². The summed E-state index contributed by atoms with van der Waals surface area (Å²) in [5, 5.41) is 6.26. The molecule has 2 saturated heterocycles. The van der Waals surface area contributed by atoms with Crippen molar-refractivity contribution < 1.29 is 0 Å². The van der Waals surface area contributed by atoms with E-state index in [1.165, 1.54) is 48.9 Å². The van der Waals surface area contributed by atoms with Crippen molar-refractivity contribution in [3.05, 3.63) is 48.0 Å². The summed E-state index contributed by atoms with van der Waals surface area (Å²) in [4.78, 5) is 2.68. The fourth-order valence-corrected chi connectivity index (χ4v) is 4.09. The number of halogens is 1. The molecule has 0 aromatic heterocycles. The third kappa shape index (κ3) is 2.88. The summed E-state index contributed by atoms with van der Waals surface area (Å²) in [5.41, 5.74) is 1.46. The first-order chi connectivity index (χ1) is 10.3. The number of fused-ring (bicyclic) bond motifs is 2. The van der Waals surface area contributed by atoms with Gasteiger partial charge >= 0.3 is 0 Å². The van der Waals surface area contributed by atoms with Crippen LogP contribution in [0.3, 0.4) is 0 Å². The lowest BCUT2D eigenvalue weighted by molar-refractivity contribution is 0.111. The van der Waals surface area contributed by atoms with E-state index in [0.717, 1.165) is 11.8 Å². The number of rotatable bonds is 2. The molecule has 0 spiro atoms. The summed E-state index contributed by atoms with van der Waals surface area (Å²) in [6.45, 7) is 7.32. The molecule has 3 heteroatoms. The zero-order valence-corrected chi connectivity index (χ0v) is 14.0. The Morgan fingerprint density at radius 1 is 1.05 bits per heavy atom. The van der Waals surface area contributed by atoms with Gasteiger partial charge in [-0.05, 0) is 67.2 Å². The lowest BCUT2D eigenvalue weighted by Crippen LogP contribution is -2.41. The molecule has 2 fully saturated rings. The van der Waals surface area contributed by atoms with Gasteiger partial charge in [0.05, 0.1) is 0 Å². The van der Waals surface area contributed by atoms with E-state index < -0.39 is 0 Å². The van der Waals surface area contributed by atoms with Crippen LogP contribution in [0.2, 0.25) is 0 Å². The molecule has 1 N–H and O–H groups in total. The molecular formula is C19H25ClN2. The highest BCUT2D eigenvalue weighted by atomic mass is 35.5. The Labute approximate surface area is 139 Å². The van der Waals surface area contributed by atoms with E-state index in [-0.39, 0.29) is 12.4 Å². The lowest BCUT2D eigenvalue weighted by Gasteiger charge is -2.38. The molecule has 2 aliphatic rings. The van der Waals surface area contributed by atoms with Gasteiger partial charge in [-0.15, -0.1) is 12.4 Å². The van der Waals surface area contributed by atoms with Crippen LogP contribution < -0.4 is 5.32 Å². The normalized spacial score (nSPS) is 26.4. The third-order valence-electron chi connectivity index (χ3n) is 5.54. The van der Waals surface area contributed by atoms with Crippen molar-refractivity contribution in [3.8, 4) is 0 Å². The molecule has 2 aromatic rings. The molecule has 2 heterocycles. The number of piperidine rings is 1. The summed E-state index contributed by atoms with van der Waals surface area (Å²) in [6, 6.07) is 16.1. The molecule has 2 aliphatic heterocycles. The molecule has 0 aliphatic carbocycles. The van der Waals surface area contributed by atoms with E-state index in [2.05, 4.69) is 59.6 Å². The number of benzene rings is 2. The van der Waals surface area contributed by atoms with Crippen molar-refractivity contribution in [1.82, 2.24) is 10.2 Å². The SMILES string of the molecule is CC(c1ccc2ccccc2c1)N1CCC2CNCC2C1.Cl. The highest BCUT2D eigenvalue weighted by molar-refractivity contribution is 5.85. The Bertz CT molecular complexity index is 642. The number of likely N-dealkylation sites (tertiary alicyclic amines) is 1. The summed E-state index contributed by atoms with van der Waals surface area (Å²) in [7, 11) is 0. The topological polar surface area (TPSA) is 15.3 Å². The Hall–Kier alpha value is -1.09. The minimum absolute atomic E-state index is 0. The van der Waals surface area contributed by atoms with Crippen LogP contribution >= 0.6 is 12.4 Å². The largest absolute Gasteiger partial charge is 0.316 e. The summed E-state index contributed by atoms with van der Waals surface area (Å²) < 4.78 is 0. The zero-order valence-electron chi connectivity index (χ0n) is 13.2. The molecule has 0 radical (unpaired) electrons. The Kier molecular flexibility index (Phi) is 4.72. The zero-order chi connectivity index (χ0) is 14.2. The van der Waals surface area contributed by atoms with Crippen LogP contribution in [0.25, 0.3) is 10.8 Å². The van der Waals surface area contributed by atoms with E-state index in [9.17, 15) is 0 Å². The van der Waals surface area contributed by atoms with Gasteiger partial charge in [-0.2, -0.15) is 0 Å². The molecule has 4 rings (SSSR count). The minimum Gasteiger partial charge on any atom is -0.316 e. The van der Waals surface area contributed by atoms with Crippen LogP contribution in [0.4, 0.5) is 0 Å². The van der Waals surface area contributed by atoms with Gasteiger partial charge in [0.15, 0.2) is 0 Å². The average Bonchev–Trinajstić information content (AvgIpc) is 3.01. The van der Waals surface area contributed by atoms with E-state index >= 15 is 0 Å². The molecule has 0 saturated carbocycles. The second-order valence-electron chi connectivity index (χ2n) is 6.74. The van der Waals surface area contributed by atoms with Gasteiger partial charge in [-0.1, -0.05) is 36.4 Å². The van der Waals surface area contributed by atoms with Crippen LogP contribution in [0, 0.1) is 11.8 Å². The molecule has 22 heavy (non-hydrogen) atoms. The molecule has 2 nitrogen and oxygen atoms in total. The van der Waals surface area contributed by atoms with Crippen LogP contribution in [-0.4, -0.2) is 31.1 Å². The maximum Gasteiger partial charge on any atom is 0.0320 e. The summed E-state index contributed by atoms with van der Waals surface area (Å²) in [5.74, 6) is 1.78. The number of hydrogen-bond acceptors (Lipinski definition) is 2. The molecule has 0 amide bonds. The van der Waals surface area contributed by atoms with Gasteiger partial charge in [0, 0.05) is 12.6 Å². The first-order valence-corrected chi connectivity index (χ1v) is 8.25. The number of hydrogen-bond donors (Lipinski definition) is 1. The Balaban J connectivity index is 0.00000144. The van der Waals surface area contributed by atoms with E-state index in [1.807, 2.05) is 0 Å². The van der Waals surface area contributed by atoms with Gasteiger partial charge in [0.25, 0.3) is 0 Å². The standard InChI is InChI=1S/C19H24N2.ClH/c1-14(21-9-8-18-11-20-12-19(18)13-21)16-7-6-15-4-2-3-5-17(15)10-16;/h2-7,10,14,18-20H,8-9,11-13H2,1H3;1H. The molecule has 3 atom stereocenters. The van der Waals surface area contributed by atoms with Crippen molar-refractivity contribution in [2.75, 3.05) is 26.2 Å². The van der Waals surface area contributed by atoms with Gasteiger partial charge in [-0.3, -0.25) is 4.90 Å². The number of nitrogens with one attached hydrogen (secondary N) is 1. The van der Waals surface area contributed by atoms with E-state index in [4.69, 9.17) is 0 Å². The summed E-state index contributed by atoms with van der Waals surface area (Å²) in [6.07, 6.45) is 1.36. The summed E-state index contributed by atoms with van der Waals surface area (Å²) >= 11 is 0. The second kappa shape index (κ2) is 6.57. The van der Waals surface area contributed by atoms with Crippen molar-refractivity contribution in [3.63, 3.8) is 0 Å². The fourth-order valence-electron chi connectivity index (χ4n) is 4.09. The van der Waals surface area contributed by atoms with Crippen LogP contribution in [0.5, 0.6) is 0 Å². The lowest BCUT2D eigenvalue weighted by atomic mass is 9.87. The third-order valence-corrected chi connectivity index (χ3v) is 5.54. The maximum atomic E-state index is 3.56. The molecule has 2 aromatic carbocycles. The highest BCUT2D eigenvalue weighted by Crippen LogP contribution is 2.32. The fraction of sp³-hybridized carbons (Fsp3) is 0.474. The van der Waals surface area contributed by atoms with Gasteiger partial charge in [0.1, 0.15) is 0 Å². The van der Waals surface area contributed by atoms with Gasteiger partial charge in [0.2, 0.25) is 0 Å². The van der Waals surface area contributed by atoms with E-state index in [1.54, 1.807) is 0 Å². The van der Waals surface area contributed by atoms with Gasteiger partial charge in [-0.25, -0.2) is 0 Å². The smallest absolute Gasteiger partial charge is 0.0320 e. The monoisotopic (exact) mass is 316 g/mol. The quantitative estimate of drug-likeness (QED) is 0.905. The van der Waals surface area contributed by atoms with Crippen molar-refractivity contribution >= 4 is 23.2 Å². The van der Waals surface area contributed by atoms with E-state index in [0.29, 0.717) is 6.04 Å². The molecule has 118 valence electrons. The number of nitrogens with zero attached hydrogens (tertiary/aromatic N) is 1. The average molecular weight is 317 g/mol.